The third-order valence-corrected chi connectivity index (χ3v) is 3.39. The van der Waals surface area contributed by atoms with E-state index in [2.05, 4.69) is 5.10 Å². The number of aliphatic hydroxyl groups is 1. The summed E-state index contributed by atoms with van der Waals surface area (Å²) in [5.74, 6) is -0.288. The van der Waals surface area contributed by atoms with Gasteiger partial charge in [-0.2, -0.15) is 17.9 Å². The molecule has 1 aromatic heterocycles. The van der Waals surface area contributed by atoms with Crippen molar-refractivity contribution in [3.8, 4) is 17.2 Å². The Morgan fingerprint density at radius 2 is 1.96 bits per heavy atom. The number of aliphatic hydroxyl groups excluding tert-OH is 1. The lowest BCUT2D eigenvalue weighted by atomic mass is 10.2. The highest BCUT2D eigenvalue weighted by atomic mass is 19.4. The van der Waals surface area contributed by atoms with E-state index in [1.165, 1.54) is 19.2 Å². The number of hydrogen-bond acceptors (Lipinski definition) is 6. The first-order valence-electron chi connectivity index (χ1n) is 7.33. The van der Waals surface area contributed by atoms with Gasteiger partial charge in [-0.15, -0.1) is 5.10 Å². The van der Waals surface area contributed by atoms with Gasteiger partial charge in [0.05, 0.1) is 6.61 Å². The molecule has 0 aliphatic heterocycles. The van der Waals surface area contributed by atoms with Crippen LogP contribution in [0.25, 0.3) is 11.5 Å². The van der Waals surface area contributed by atoms with Crippen LogP contribution in [0.2, 0.25) is 0 Å². The second-order valence-electron chi connectivity index (χ2n) is 5.17. The third-order valence-electron chi connectivity index (χ3n) is 3.39. The maximum absolute atomic E-state index is 12.2. The Morgan fingerprint density at radius 3 is 2.52 bits per heavy atom. The van der Waals surface area contributed by atoms with Gasteiger partial charge in [-0.25, -0.2) is 4.79 Å². The second-order valence-corrected chi connectivity index (χ2v) is 5.17. The van der Waals surface area contributed by atoms with Crippen molar-refractivity contribution in [3.05, 3.63) is 34.8 Å². The fraction of sp³-hybridized carbons (Fsp3) is 0.467. The summed E-state index contributed by atoms with van der Waals surface area (Å²) >= 11 is 0. The summed E-state index contributed by atoms with van der Waals surface area (Å²) in [6.45, 7) is 1.33. The van der Waals surface area contributed by atoms with Crippen molar-refractivity contribution in [1.29, 1.82) is 0 Å². The Morgan fingerprint density at radius 1 is 1.32 bits per heavy atom. The lowest BCUT2D eigenvalue weighted by Crippen LogP contribution is -2.30. The summed E-state index contributed by atoms with van der Waals surface area (Å²) in [4.78, 5) is 11.7. The number of aromatic nitrogens is 2. The molecular formula is C15H17F3N2O5. The molecule has 0 spiro atoms. The molecule has 7 nitrogen and oxygen atoms in total. The number of halogens is 3. The first-order chi connectivity index (χ1) is 11.7. The van der Waals surface area contributed by atoms with E-state index < -0.39 is 30.7 Å². The highest BCUT2D eigenvalue weighted by Gasteiger charge is 2.37. The normalized spacial score (nSPS) is 14.3. The molecule has 1 aromatic carbocycles. The Hall–Kier alpha value is -2.33. The molecule has 0 saturated heterocycles. The zero-order valence-corrected chi connectivity index (χ0v) is 13.5. The van der Waals surface area contributed by atoms with E-state index in [1.54, 1.807) is 19.1 Å². The third kappa shape index (κ3) is 4.83. The van der Waals surface area contributed by atoms with Crippen LogP contribution >= 0.6 is 0 Å². The van der Waals surface area contributed by atoms with E-state index in [0.717, 1.165) is 4.68 Å². The van der Waals surface area contributed by atoms with Crippen LogP contribution in [-0.2, 0) is 4.74 Å². The van der Waals surface area contributed by atoms with Crippen LogP contribution in [-0.4, -0.2) is 40.9 Å². The highest BCUT2D eigenvalue weighted by molar-refractivity contribution is 5.53. The molecule has 1 N–H and O–H groups in total. The fourth-order valence-corrected chi connectivity index (χ4v) is 1.88. The number of alkyl halides is 3. The molecule has 0 aliphatic carbocycles. The summed E-state index contributed by atoms with van der Waals surface area (Å²) in [7, 11) is 1.42. The Bertz CT molecular complexity index is 739. The minimum atomic E-state index is -4.66. The monoisotopic (exact) mass is 362 g/mol. The minimum Gasteiger partial charge on any atom is -0.493 e. The van der Waals surface area contributed by atoms with Gasteiger partial charge in [0.1, 0.15) is 5.75 Å². The summed E-state index contributed by atoms with van der Waals surface area (Å²) < 4.78 is 52.7. The van der Waals surface area contributed by atoms with E-state index in [4.69, 9.17) is 19.0 Å². The Kier molecular flexibility index (Phi) is 5.85. The zero-order valence-electron chi connectivity index (χ0n) is 13.5. The summed E-state index contributed by atoms with van der Waals surface area (Å²) in [6.07, 6.45) is -8.25. The van der Waals surface area contributed by atoms with E-state index in [9.17, 15) is 18.0 Å². The first kappa shape index (κ1) is 19.0. The number of nitrogens with zero attached hydrogens (tertiary/aromatic N) is 2. The molecule has 2 rings (SSSR count). The van der Waals surface area contributed by atoms with E-state index >= 15 is 0 Å². The average molecular weight is 362 g/mol. The predicted octanol–water partition coefficient (Wildman–Crippen LogP) is 2.36. The number of benzene rings is 1. The van der Waals surface area contributed by atoms with Crippen molar-refractivity contribution >= 4 is 0 Å². The molecule has 25 heavy (non-hydrogen) atoms. The van der Waals surface area contributed by atoms with E-state index in [-0.39, 0.29) is 12.5 Å². The SMILES string of the molecule is COC(C)n1nc(-c2ccc(OCCC(O)C(F)(F)F)cc2)oc1=O. The van der Waals surface area contributed by atoms with Gasteiger partial charge < -0.3 is 19.0 Å². The lowest BCUT2D eigenvalue weighted by Gasteiger charge is -2.14. The molecule has 2 atom stereocenters. The molecule has 2 unspecified atom stereocenters. The van der Waals surface area contributed by atoms with Gasteiger partial charge >= 0.3 is 11.9 Å². The average Bonchev–Trinajstić information content (AvgIpc) is 2.95. The van der Waals surface area contributed by atoms with Crippen LogP contribution < -0.4 is 10.5 Å². The van der Waals surface area contributed by atoms with Gasteiger partial charge in [-0.3, -0.25) is 0 Å². The molecule has 0 bridgehead atoms. The first-order valence-corrected chi connectivity index (χ1v) is 7.33. The summed E-state index contributed by atoms with van der Waals surface area (Å²) in [6, 6.07) is 6.08. The van der Waals surface area contributed by atoms with Crippen LogP contribution in [0.4, 0.5) is 13.2 Å². The van der Waals surface area contributed by atoms with Crippen molar-refractivity contribution in [1.82, 2.24) is 9.78 Å². The highest BCUT2D eigenvalue weighted by Crippen LogP contribution is 2.23. The molecule has 0 fully saturated rings. The molecule has 0 radical (unpaired) electrons. The summed E-state index contributed by atoms with van der Waals surface area (Å²) in [5.41, 5.74) is 0.488. The van der Waals surface area contributed by atoms with Crippen LogP contribution in [0.1, 0.15) is 19.6 Å². The largest absolute Gasteiger partial charge is 0.493 e. The smallest absolute Gasteiger partial charge is 0.439 e. The quantitative estimate of drug-likeness (QED) is 0.814. The molecule has 10 heteroatoms. The minimum absolute atomic E-state index is 0.0768. The van der Waals surface area contributed by atoms with Crippen LogP contribution in [0.3, 0.4) is 0 Å². The topological polar surface area (TPSA) is 86.7 Å². The van der Waals surface area contributed by atoms with E-state index in [0.29, 0.717) is 11.3 Å². The molecule has 1 heterocycles. The number of rotatable bonds is 7. The van der Waals surface area contributed by atoms with Gasteiger partial charge in [0.2, 0.25) is 5.89 Å². The zero-order chi connectivity index (χ0) is 18.6. The summed E-state index contributed by atoms with van der Waals surface area (Å²) in [5, 5.41) is 12.9. The van der Waals surface area contributed by atoms with Crippen molar-refractivity contribution in [2.24, 2.45) is 0 Å². The standard InChI is InChI=1S/C15H17F3N2O5/c1-9(23-2)20-14(22)25-13(19-20)10-3-5-11(6-4-10)24-8-7-12(21)15(16,17)18/h3-6,9,12,21H,7-8H2,1-2H3. The van der Waals surface area contributed by atoms with Gasteiger partial charge in [0.15, 0.2) is 12.3 Å². The van der Waals surface area contributed by atoms with Crippen molar-refractivity contribution in [2.75, 3.05) is 13.7 Å². The second kappa shape index (κ2) is 7.70. The van der Waals surface area contributed by atoms with Crippen molar-refractivity contribution < 1.29 is 32.2 Å². The van der Waals surface area contributed by atoms with Gasteiger partial charge in [0, 0.05) is 19.1 Å². The predicted molar refractivity (Wildman–Crippen MR) is 80.1 cm³/mol. The van der Waals surface area contributed by atoms with Gasteiger partial charge in [-0.1, -0.05) is 0 Å². The molecule has 0 saturated carbocycles. The number of hydrogen-bond donors (Lipinski definition) is 1. The molecular weight excluding hydrogens is 345 g/mol. The van der Waals surface area contributed by atoms with Crippen LogP contribution in [0.15, 0.2) is 33.5 Å². The van der Waals surface area contributed by atoms with Gasteiger partial charge in [-0.05, 0) is 31.2 Å². The van der Waals surface area contributed by atoms with Crippen LogP contribution in [0, 0.1) is 0 Å². The molecule has 2 aromatic rings. The fourth-order valence-electron chi connectivity index (χ4n) is 1.88. The maximum atomic E-state index is 12.2. The number of ether oxygens (including phenoxy) is 2. The number of methoxy groups -OCH3 is 1. The van der Waals surface area contributed by atoms with Crippen LogP contribution in [0.5, 0.6) is 5.75 Å². The van der Waals surface area contributed by atoms with Gasteiger partial charge in [0.25, 0.3) is 0 Å². The lowest BCUT2D eigenvalue weighted by molar-refractivity contribution is -0.206. The Labute approximate surface area is 140 Å². The van der Waals surface area contributed by atoms with Crippen molar-refractivity contribution in [3.63, 3.8) is 0 Å². The molecule has 0 aliphatic rings. The molecule has 138 valence electrons. The maximum Gasteiger partial charge on any atom is 0.439 e. The Balaban J connectivity index is 1.99. The van der Waals surface area contributed by atoms with E-state index in [1.807, 2.05) is 0 Å². The molecule has 0 amide bonds. The van der Waals surface area contributed by atoms with Crippen molar-refractivity contribution in [2.45, 2.75) is 31.9 Å².